The zero-order valence-electron chi connectivity index (χ0n) is 17.8. The Bertz CT molecular complexity index is 825. The molecular formula is C21H32Cl2N4O2. The molecule has 1 aliphatic heterocycles. The normalized spacial score (nSPS) is 17.1. The molecule has 1 aliphatic rings. The van der Waals surface area contributed by atoms with E-state index >= 15 is 0 Å². The number of aromatic nitrogens is 2. The van der Waals surface area contributed by atoms with Gasteiger partial charge in [-0.05, 0) is 31.9 Å². The van der Waals surface area contributed by atoms with Crippen LogP contribution < -0.4 is 10.1 Å². The van der Waals surface area contributed by atoms with Crippen molar-refractivity contribution in [3.8, 4) is 5.75 Å². The third-order valence-electron chi connectivity index (χ3n) is 5.62. The molecular weight excluding hydrogens is 411 g/mol. The monoisotopic (exact) mass is 442 g/mol. The summed E-state index contributed by atoms with van der Waals surface area (Å²) in [5, 5.41) is 7.90. The highest BCUT2D eigenvalue weighted by atomic mass is 35.5. The second kappa shape index (κ2) is 10.9. The Labute approximate surface area is 185 Å². The fourth-order valence-corrected chi connectivity index (χ4v) is 3.98. The summed E-state index contributed by atoms with van der Waals surface area (Å²) in [5.41, 5.74) is 4.38. The van der Waals surface area contributed by atoms with Crippen molar-refractivity contribution < 1.29 is 9.53 Å². The van der Waals surface area contributed by atoms with Crippen molar-refractivity contribution >= 4 is 30.7 Å². The minimum absolute atomic E-state index is 0. The smallest absolute Gasteiger partial charge is 0.226 e. The van der Waals surface area contributed by atoms with Crippen LogP contribution >= 0.6 is 24.8 Å². The maximum atomic E-state index is 13.3. The number of halogens is 2. The molecule has 0 radical (unpaired) electrons. The number of rotatable bonds is 5. The van der Waals surface area contributed by atoms with Gasteiger partial charge >= 0.3 is 0 Å². The standard InChI is InChI=1S/C21H30N4O2.2ClH/c1-14(12-18-15(2)23-24(4)16(18)3)21(26)25-11-10-22-13-19(25)17-8-6-7-9-20(17)27-5;;/h6-9,14,19,22H,10-13H2,1-5H3;2*1H. The molecule has 0 spiro atoms. The third kappa shape index (κ3) is 5.24. The Morgan fingerprint density at radius 2 is 2.00 bits per heavy atom. The van der Waals surface area contributed by atoms with Crippen LogP contribution in [-0.4, -0.2) is 47.3 Å². The summed E-state index contributed by atoms with van der Waals surface area (Å²) in [6.07, 6.45) is 0.715. The van der Waals surface area contributed by atoms with Gasteiger partial charge in [0, 0.05) is 43.9 Å². The van der Waals surface area contributed by atoms with Crippen LogP contribution in [0.2, 0.25) is 0 Å². The van der Waals surface area contributed by atoms with Crippen LogP contribution in [0, 0.1) is 19.8 Å². The number of methoxy groups -OCH3 is 1. The first-order valence-electron chi connectivity index (χ1n) is 9.57. The summed E-state index contributed by atoms with van der Waals surface area (Å²) in [5.74, 6) is 0.924. The van der Waals surface area contributed by atoms with Gasteiger partial charge in [0.25, 0.3) is 0 Å². The molecule has 2 unspecified atom stereocenters. The van der Waals surface area contributed by atoms with E-state index in [1.54, 1.807) is 7.11 Å². The zero-order valence-corrected chi connectivity index (χ0v) is 19.4. The average Bonchev–Trinajstić information content (AvgIpc) is 2.93. The van der Waals surface area contributed by atoms with Crippen molar-refractivity contribution in [1.29, 1.82) is 0 Å². The van der Waals surface area contributed by atoms with Crippen molar-refractivity contribution in [3.63, 3.8) is 0 Å². The van der Waals surface area contributed by atoms with E-state index in [2.05, 4.69) is 23.4 Å². The predicted molar refractivity (Wildman–Crippen MR) is 120 cm³/mol. The average molecular weight is 443 g/mol. The number of benzene rings is 1. The largest absolute Gasteiger partial charge is 0.496 e. The lowest BCUT2D eigenvalue weighted by atomic mass is 9.95. The Morgan fingerprint density at radius 1 is 1.31 bits per heavy atom. The van der Waals surface area contributed by atoms with Crippen LogP contribution in [0.4, 0.5) is 0 Å². The first kappa shape index (κ1) is 25.3. The predicted octanol–water partition coefficient (Wildman–Crippen LogP) is 3.24. The van der Waals surface area contributed by atoms with Gasteiger partial charge in [-0.1, -0.05) is 25.1 Å². The first-order chi connectivity index (χ1) is 12.9. The fraction of sp³-hybridized carbons (Fsp3) is 0.524. The van der Waals surface area contributed by atoms with Crippen molar-refractivity contribution in [3.05, 3.63) is 46.8 Å². The topological polar surface area (TPSA) is 59.4 Å². The molecule has 0 aliphatic carbocycles. The molecule has 1 N–H and O–H groups in total. The number of carbonyl (C=O) groups excluding carboxylic acids is 1. The lowest BCUT2D eigenvalue weighted by Gasteiger charge is -2.38. The lowest BCUT2D eigenvalue weighted by molar-refractivity contribution is -0.138. The van der Waals surface area contributed by atoms with Gasteiger partial charge in [0.2, 0.25) is 5.91 Å². The summed E-state index contributed by atoms with van der Waals surface area (Å²) < 4.78 is 7.43. The SMILES string of the molecule is COc1ccccc1C1CNCCN1C(=O)C(C)Cc1c(C)nn(C)c1C.Cl.Cl. The number of ether oxygens (including phenoxy) is 1. The molecule has 2 aromatic rings. The molecule has 162 valence electrons. The minimum Gasteiger partial charge on any atom is -0.496 e. The minimum atomic E-state index is -0.0955. The van der Waals surface area contributed by atoms with Crippen molar-refractivity contribution in [2.45, 2.75) is 33.2 Å². The van der Waals surface area contributed by atoms with Gasteiger partial charge in [-0.3, -0.25) is 9.48 Å². The van der Waals surface area contributed by atoms with E-state index in [9.17, 15) is 4.79 Å². The van der Waals surface area contributed by atoms with Gasteiger partial charge in [0.15, 0.2) is 0 Å². The van der Waals surface area contributed by atoms with E-state index in [1.807, 2.05) is 48.7 Å². The lowest BCUT2D eigenvalue weighted by Crippen LogP contribution is -2.50. The Hall–Kier alpha value is -1.76. The van der Waals surface area contributed by atoms with Crippen LogP contribution in [0.15, 0.2) is 24.3 Å². The molecule has 1 fully saturated rings. The summed E-state index contributed by atoms with van der Waals surface area (Å²) in [6, 6.07) is 7.96. The molecule has 1 saturated heterocycles. The molecule has 3 rings (SSSR count). The van der Waals surface area contributed by atoms with E-state index in [0.717, 1.165) is 35.8 Å². The number of carbonyl (C=O) groups is 1. The van der Waals surface area contributed by atoms with Crippen LogP contribution in [0.1, 0.15) is 35.5 Å². The highest BCUT2D eigenvalue weighted by Gasteiger charge is 2.32. The second-order valence-electron chi connectivity index (χ2n) is 7.37. The van der Waals surface area contributed by atoms with Crippen LogP contribution in [0.5, 0.6) is 5.75 Å². The van der Waals surface area contributed by atoms with Gasteiger partial charge in [-0.25, -0.2) is 0 Å². The number of hydrogen-bond acceptors (Lipinski definition) is 4. The number of para-hydroxylation sites is 1. The number of piperazine rings is 1. The number of hydrogen-bond donors (Lipinski definition) is 1. The molecule has 6 nitrogen and oxygen atoms in total. The summed E-state index contributed by atoms with van der Waals surface area (Å²) in [6.45, 7) is 8.36. The molecule has 2 atom stereocenters. The first-order valence-corrected chi connectivity index (χ1v) is 9.57. The number of nitrogens with one attached hydrogen (secondary N) is 1. The number of aryl methyl sites for hydroxylation is 2. The molecule has 2 heterocycles. The molecule has 0 bridgehead atoms. The zero-order chi connectivity index (χ0) is 19.6. The molecule has 29 heavy (non-hydrogen) atoms. The number of nitrogens with zero attached hydrogens (tertiary/aromatic N) is 3. The fourth-order valence-electron chi connectivity index (χ4n) is 3.98. The van der Waals surface area contributed by atoms with Crippen molar-refractivity contribution in [2.75, 3.05) is 26.7 Å². The van der Waals surface area contributed by atoms with E-state index in [1.165, 1.54) is 5.56 Å². The van der Waals surface area contributed by atoms with Crippen LogP contribution in [-0.2, 0) is 18.3 Å². The maximum absolute atomic E-state index is 13.3. The van der Waals surface area contributed by atoms with Crippen molar-refractivity contribution in [1.82, 2.24) is 20.0 Å². The van der Waals surface area contributed by atoms with Gasteiger partial charge < -0.3 is 15.0 Å². The summed E-state index contributed by atoms with van der Waals surface area (Å²) >= 11 is 0. The van der Waals surface area contributed by atoms with E-state index in [4.69, 9.17) is 4.74 Å². The van der Waals surface area contributed by atoms with Gasteiger partial charge in [0.1, 0.15) is 5.75 Å². The van der Waals surface area contributed by atoms with Crippen molar-refractivity contribution in [2.24, 2.45) is 13.0 Å². The molecule has 8 heteroatoms. The second-order valence-corrected chi connectivity index (χ2v) is 7.37. The molecule has 1 aromatic heterocycles. The molecule has 0 saturated carbocycles. The van der Waals surface area contributed by atoms with Gasteiger partial charge in [0.05, 0.1) is 18.8 Å². The summed E-state index contributed by atoms with van der Waals surface area (Å²) in [7, 11) is 3.63. The van der Waals surface area contributed by atoms with Crippen LogP contribution in [0.25, 0.3) is 0 Å². The highest BCUT2D eigenvalue weighted by molar-refractivity contribution is 5.85. The summed E-state index contributed by atoms with van der Waals surface area (Å²) in [4.78, 5) is 15.4. The third-order valence-corrected chi connectivity index (χ3v) is 5.62. The number of amides is 1. The molecule has 1 amide bonds. The quantitative estimate of drug-likeness (QED) is 0.771. The van der Waals surface area contributed by atoms with Gasteiger partial charge in [-0.2, -0.15) is 5.10 Å². The maximum Gasteiger partial charge on any atom is 0.226 e. The highest BCUT2D eigenvalue weighted by Crippen LogP contribution is 2.31. The van der Waals surface area contributed by atoms with Crippen LogP contribution in [0.3, 0.4) is 0 Å². The van der Waals surface area contributed by atoms with E-state index < -0.39 is 0 Å². The van der Waals surface area contributed by atoms with E-state index in [-0.39, 0.29) is 42.7 Å². The Balaban J connectivity index is 0.00000210. The van der Waals surface area contributed by atoms with E-state index in [0.29, 0.717) is 13.0 Å². The Morgan fingerprint density at radius 3 is 2.62 bits per heavy atom. The Kier molecular flexibility index (Phi) is 9.46. The van der Waals surface area contributed by atoms with Gasteiger partial charge in [-0.15, -0.1) is 24.8 Å². The molecule has 1 aromatic carbocycles.